The molecule has 0 saturated carbocycles. The highest BCUT2D eigenvalue weighted by Crippen LogP contribution is 2.24. The molecule has 0 spiro atoms. The fourth-order valence-electron chi connectivity index (χ4n) is 2.13. The molecule has 23 heavy (non-hydrogen) atoms. The van der Waals surface area contributed by atoms with Crippen molar-refractivity contribution >= 4 is 34.5 Å². The number of aryl methyl sites for hydroxylation is 1. The Kier molecular flexibility index (Phi) is 4.73. The lowest BCUT2D eigenvalue weighted by Gasteiger charge is -2.04. The molecule has 0 aliphatic heterocycles. The van der Waals surface area contributed by atoms with Crippen molar-refractivity contribution in [2.75, 3.05) is 5.32 Å². The average molecular weight is 347 g/mol. The van der Waals surface area contributed by atoms with Crippen LogP contribution in [0.1, 0.15) is 28.7 Å². The summed E-state index contributed by atoms with van der Waals surface area (Å²) >= 11 is 7.29. The molecule has 0 saturated heterocycles. The molecule has 1 N–H and O–H groups in total. The Morgan fingerprint density at radius 3 is 2.78 bits per heavy atom. The first-order chi connectivity index (χ1) is 11.2. The number of nitrogens with one attached hydrogen (secondary N) is 1. The van der Waals surface area contributed by atoms with Gasteiger partial charge in [-0.25, -0.2) is 9.97 Å². The van der Waals surface area contributed by atoms with E-state index in [9.17, 15) is 4.79 Å². The maximum atomic E-state index is 12.5. The zero-order valence-corrected chi connectivity index (χ0v) is 14.1. The standard InChI is InChI=1S/C16H15ClN4OS/c1-2-5-12-14(20-16(23-12)21-8-3-4-9-21)15(22)19-11-6-7-13(17)18-10-11/h3-4,6-10H,2,5H2,1H3,(H,19,22). The van der Waals surface area contributed by atoms with Crippen LogP contribution in [0.3, 0.4) is 0 Å². The summed E-state index contributed by atoms with van der Waals surface area (Å²) in [7, 11) is 0. The minimum atomic E-state index is -0.229. The van der Waals surface area contributed by atoms with Crippen LogP contribution in [0.5, 0.6) is 0 Å². The number of anilines is 1. The summed E-state index contributed by atoms with van der Waals surface area (Å²) in [6.45, 7) is 2.08. The van der Waals surface area contributed by atoms with Crippen molar-refractivity contribution < 1.29 is 4.79 Å². The molecule has 1 amide bonds. The van der Waals surface area contributed by atoms with E-state index in [-0.39, 0.29) is 5.91 Å². The molecule has 0 radical (unpaired) electrons. The van der Waals surface area contributed by atoms with Gasteiger partial charge in [-0.3, -0.25) is 4.79 Å². The number of aromatic nitrogens is 3. The van der Waals surface area contributed by atoms with Gasteiger partial charge in [-0.15, -0.1) is 11.3 Å². The van der Waals surface area contributed by atoms with Crippen LogP contribution in [0, 0.1) is 0 Å². The third-order valence-electron chi connectivity index (χ3n) is 3.19. The van der Waals surface area contributed by atoms with Gasteiger partial charge in [-0.1, -0.05) is 24.9 Å². The van der Waals surface area contributed by atoms with Crippen molar-refractivity contribution in [1.29, 1.82) is 0 Å². The summed E-state index contributed by atoms with van der Waals surface area (Å²) in [5.74, 6) is -0.229. The second kappa shape index (κ2) is 6.93. The number of hydrogen-bond acceptors (Lipinski definition) is 4. The molecule has 0 aliphatic rings. The average Bonchev–Trinajstić information content (AvgIpc) is 3.19. The summed E-state index contributed by atoms with van der Waals surface area (Å²) in [5.41, 5.74) is 1.06. The zero-order chi connectivity index (χ0) is 16.2. The number of carbonyl (C=O) groups excluding carboxylic acids is 1. The molecular formula is C16H15ClN4OS. The van der Waals surface area contributed by atoms with Crippen LogP contribution >= 0.6 is 22.9 Å². The molecule has 0 aromatic carbocycles. The fraction of sp³-hybridized carbons (Fsp3) is 0.188. The van der Waals surface area contributed by atoms with Crippen molar-refractivity contribution in [2.24, 2.45) is 0 Å². The lowest BCUT2D eigenvalue weighted by atomic mass is 10.2. The lowest BCUT2D eigenvalue weighted by molar-refractivity contribution is 0.102. The first-order valence-electron chi connectivity index (χ1n) is 7.23. The number of amides is 1. The minimum Gasteiger partial charge on any atom is -0.319 e. The SMILES string of the molecule is CCCc1sc(-n2cccc2)nc1C(=O)Nc1ccc(Cl)nc1. The summed E-state index contributed by atoms with van der Waals surface area (Å²) in [4.78, 5) is 22.0. The second-order valence-electron chi connectivity index (χ2n) is 4.93. The molecule has 5 nitrogen and oxygen atoms in total. The molecule has 3 heterocycles. The first-order valence-corrected chi connectivity index (χ1v) is 8.42. The van der Waals surface area contributed by atoms with Gasteiger partial charge in [-0.2, -0.15) is 0 Å². The van der Waals surface area contributed by atoms with E-state index in [0.717, 1.165) is 22.9 Å². The van der Waals surface area contributed by atoms with E-state index in [1.165, 1.54) is 17.5 Å². The van der Waals surface area contributed by atoms with E-state index in [1.807, 2.05) is 29.1 Å². The van der Waals surface area contributed by atoms with Gasteiger partial charge in [-0.05, 0) is 30.7 Å². The van der Waals surface area contributed by atoms with E-state index in [2.05, 4.69) is 22.2 Å². The largest absolute Gasteiger partial charge is 0.319 e. The molecule has 7 heteroatoms. The number of halogens is 1. The van der Waals surface area contributed by atoms with Crippen LogP contribution in [0.2, 0.25) is 5.15 Å². The van der Waals surface area contributed by atoms with Crippen molar-refractivity contribution in [3.63, 3.8) is 0 Å². The van der Waals surface area contributed by atoms with E-state index in [0.29, 0.717) is 16.5 Å². The Balaban J connectivity index is 1.87. The van der Waals surface area contributed by atoms with Crippen molar-refractivity contribution in [3.05, 3.63) is 58.6 Å². The van der Waals surface area contributed by atoms with Gasteiger partial charge in [0, 0.05) is 17.3 Å². The summed E-state index contributed by atoms with van der Waals surface area (Å²) < 4.78 is 1.91. The van der Waals surface area contributed by atoms with E-state index in [1.54, 1.807) is 12.1 Å². The predicted molar refractivity (Wildman–Crippen MR) is 92.6 cm³/mol. The lowest BCUT2D eigenvalue weighted by Crippen LogP contribution is -2.14. The summed E-state index contributed by atoms with van der Waals surface area (Å²) in [6.07, 6.45) is 7.13. The number of nitrogens with zero attached hydrogens (tertiary/aromatic N) is 3. The maximum Gasteiger partial charge on any atom is 0.275 e. The molecule has 3 rings (SSSR count). The summed E-state index contributed by atoms with van der Waals surface area (Å²) in [5, 5.41) is 3.99. The number of carbonyl (C=O) groups is 1. The Morgan fingerprint density at radius 1 is 1.35 bits per heavy atom. The van der Waals surface area contributed by atoms with Gasteiger partial charge in [0.25, 0.3) is 5.91 Å². The molecule has 3 aromatic rings. The summed E-state index contributed by atoms with van der Waals surface area (Å²) in [6, 6.07) is 7.21. The van der Waals surface area contributed by atoms with Crippen molar-refractivity contribution in [2.45, 2.75) is 19.8 Å². The van der Waals surface area contributed by atoms with Gasteiger partial charge < -0.3 is 9.88 Å². The van der Waals surface area contributed by atoms with Crippen molar-refractivity contribution in [3.8, 4) is 5.13 Å². The maximum absolute atomic E-state index is 12.5. The predicted octanol–water partition coefficient (Wildman–Crippen LogP) is 4.19. The Hall–Kier alpha value is -2.18. The van der Waals surface area contributed by atoms with Crippen LogP contribution in [0.15, 0.2) is 42.9 Å². The fourth-order valence-corrected chi connectivity index (χ4v) is 3.36. The number of thiazole rings is 1. The highest BCUT2D eigenvalue weighted by atomic mass is 35.5. The van der Waals surface area contributed by atoms with Gasteiger partial charge in [0.05, 0.1) is 11.9 Å². The quantitative estimate of drug-likeness (QED) is 0.705. The van der Waals surface area contributed by atoms with E-state index in [4.69, 9.17) is 11.6 Å². The molecule has 0 unspecified atom stereocenters. The normalized spacial score (nSPS) is 10.7. The van der Waals surface area contributed by atoms with Crippen LogP contribution in [-0.4, -0.2) is 20.4 Å². The van der Waals surface area contributed by atoms with Gasteiger partial charge in [0.15, 0.2) is 5.13 Å². The molecule has 0 bridgehead atoms. The molecule has 0 fully saturated rings. The second-order valence-corrected chi connectivity index (χ2v) is 6.38. The molecule has 3 aromatic heterocycles. The zero-order valence-electron chi connectivity index (χ0n) is 12.5. The van der Waals surface area contributed by atoms with Crippen LogP contribution in [0.25, 0.3) is 5.13 Å². The first kappa shape index (κ1) is 15.7. The number of rotatable bonds is 5. The molecule has 0 aliphatic carbocycles. The Labute approximate surface area is 143 Å². The topological polar surface area (TPSA) is 59.8 Å². The highest BCUT2D eigenvalue weighted by Gasteiger charge is 2.18. The van der Waals surface area contributed by atoms with Crippen LogP contribution in [0.4, 0.5) is 5.69 Å². The number of hydrogen-bond donors (Lipinski definition) is 1. The smallest absolute Gasteiger partial charge is 0.275 e. The molecule has 0 atom stereocenters. The third kappa shape index (κ3) is 3.60. The van der Waals surface area contributed by atoms with E-state index >= 15 is 0 Å². The monoisotopic (exact) mass is 346 g/mol. The Morgan fingerprint density at radius 2 is 2.13 bits per heavy atom. The van der Waals surface area contributed by atoms with E-state index < -0.39 is 0 Å². The van der Waals surface area contributed by atoms with Crippen LogP contribution in [-0.2, 0) is 6.42 Å². The van der Waals surface area contributed by atoms with Crippen molar-refractivity contribution in [1.82, 2.24) is 14.5 Å². The molecular weight excluding hydrogens is 332 g/mol. The Bertz CT molecular complexity index is 796. The van der Waals surface area contributed by atoms with Gasteiger partial charge in [0.2, 0.25) is 0 Å². The number of pyridine rings is 1. The van der Waals surface area contributed by atoms with Crippen LogP contribution < -0.4 is 5.32 Å². The van der Waals surface area contributed by atoms with Gasteiger partial charge >= 0.3 is 0 Å². The third-order valence-corrected chi connectivity index (χ3v) is 4.54. The molecule has 118 valence electrons. The van der Waals surface area contributed by atoms with Gasteiger partial charge in [0.1, 0.15) is 10.8 Å². The minimum absolute atomic E-state index is 0.229. The highest BCUT2D eigenvalue weighted by molar-refractivity contribution is 7.14.